The zero-order valence-electron chi connectivity index (χ0n) is 23.4. The quantitative estimate of drug-likeness (QED) is 0.207. The fourth-order valence-electron chi connectivity index (χ4n) is 4.73. The zero-order chi connectivity index (χ0) is 29.2. The van der Waals surface area contributed by atoms with E-state index < -0.39 is 0 Å². The number of pyridine rings is 3. The Hall–Kier alpha value is -5.16. The highest BCUT2D eigenvalue weighted by molar-refractivity contribution is 6.00. The standard InChI is InChI=1S/C31H29FN8O2/c1-4-29(41)36-21-10-19(15-33-16-21)26-14-25-28(17-35-26)38-39-30(25)27-13-24-23(5-6-34-31(24)37-27)18-9-20(32)12-22(11-18)42-8-7-40(2)3/h5-6,9-17H,4,7-8H2,1-3H3,(H,34,37)(H,36,41)(H,38,39). The van der Waals surface area contributed by atoms with Gasteiger partial charge in [-0.25, -0.2) is 9.37 Å². The van der Waals surface area contributed by atoms with E-state index in [-0.39, 0.29) is 11.7 Å². The van der Waals surface area contributed by atoms with Gasteiger partial charge in [0.05, 0.1) is 35.0 Å². The average Bonchev–Trinajstić information content (AvgIpc) is 3.60. The van der Waals surface area contributed by atoms with Crippen molar-refractivity contribution < 1.29 is 13.9 Å². The molecule has 0 saturated carbocycles. The molecule has 0 atom stereocenters. The molecule has 0 unspecified atom stereocenters. The number of carbonyl (C=O) groups is 1. The Kier molecular flexibility index (Phi) is 7.32. The van der Waals surface area contributed by atoms with Gasteiger partial charge in [-0.3, -0.25) is 19.9 Å². The van der Waals surface area contributed by atoms with E-state index in [1.807, 2.05) is 49.3 Å². The van der Waals surface area contributed by atoms with E-state index in [0.29, 0.717) is 47.1 Å². The van der Waals surface area contributed by atoms with E-state index in [1.54, 1.807) is 31.7 Å². The maximum atomic E-state index is 14.6. The van der Waals surface area contributed by atoms with Gasteiger partial charge in [-0.2, -0.15) is 5.10 Å². The van der Waals surface area contributed by atoms with Crippen molar-refractivity contribution >= 4 is 33.5 Å². The Bertz CT molecular complexity index is 1910. The molecule has 3 N–H and O–H groups in total. The number of hydrogen-bond acceptors (Lipinski definition) is 7. The summed E-state index contributed by atoms with van der Waals surface area (Å²) in [5.41, 5.74) is 6.39. The van der Waals surface area contributed by atoms with Crippen LogP contribution in [-0.4, -0.2) is 68.2 Å². The van der Waals surface area contributed by atoms with Crippen LogP contribution in [0.4, 0.5) is 10.1 Å². The first kappa shape index (κ1) is 27.0. The van der Waals surface area contributed by atoms with Crippen LogP contribution >= 0.6 is 0 Å². The molecular formula is C31H29FN8O2. The number of halogens is 1. The fourth-order valence-corrected chi connectivity index (χ4v) is 4.73. The molecule has 0 aliphatic rings. The Morgan fingerprint density at radius 2 is 1.90 bits per heavy atom. The molecule has 6 aromatic rings. The summed E-state index contributed by atoms with van der Waals surface area (Å²) in [6, 6.07) is 12.3. The first-order chi connectivity index (χ1) is 20.4. The topological polar surface area (TPSA) is 125 Å². The van der Waals surface area contributed by atoms with E-state index in [0.717, 1.165) is 39.7 Å². The number of nitrogens with one attached hydrogen (secondary N) is 3. The van der Waals surface area contributed by atoms with Crippen LogP contribution in [0.3, 0.4) is 0 Å². The number of fused-ring (bicyclic) bond motifs is 2. The highest BCUT2D eigenvalue weighted by Crippen LogP contribution is 2.35. The smallest absolute Gasteiger partial charge is 0.224 e. The monoisotopic (exact) mass is 564 g/mol. The number of benzene rings is 1. The fraction of sp³-hybridized carbons (Fsp3) is 0.194. The maximum Gasteiger partial charge on any atom is 0.224 e. The van der Waals surface area contributed by atoms with Gasteiger partial charge in [0.1, 0.15) is 29.5 Å². The van der Waals surface area contributed by atoms with Gasteiger partial charge >= 0.3 is 0 Å². The molecule has 11 heteroatoms. The summed E-state index contributed by atoms with van der Waals surface area (Å²) in [5, 5.41) is 12.1. The van der Waals surface area contributed by atoms with Crippen LogP contribution in [0.2, 0.25) is 0 Å². The normalized spacial score (nSPS) is 11.5. The first-order valence-electron chi connectivity index (χ1n) is 13.5. The summed E-state index contributed by atoms with van der Waals surface area (Å²) in [5.74, 6) is 0.00511. The molecule has 0 saturated heterocycles. The number of aromatic amines is 2. The second-order valence-corrected chi connectivity index (χ2v) is 10.2. The molecule has 0 radical (unpaired) electrons. The van der Waals surface area contributed by atoms with E-state index in [1.165, 1.54) is 12.1 Å². The van der Waals surface area contributed by atoms with Gasteiger partial charge in [-0.05, 0) is 61.6 Å². The number of nitrogens with zero attached hydrogens (tertiary/aromatic N) is 5. The van der Waals surface area contributed by atoms with Crippen LogP contribution in [0.15, 0.2) is 67.3 Å². The predicted octanol–water partition coefficient (Wildman–Crippen LogP) is 5.66. The van der Waals surface area contributed by atoms with Crippen molar-refractivity contribution in [3.63, 3.8) is 0 Å². The minimum absolute atomic E-state index is 0.0902. The number of carbonyl (C=O) groups excluding carboxylic acids is 1. The molecule has 5 aromatic heterocycles. The molecule has 10 nitrogen and oxygen atoms in total. The summed E-state index contributed by atoms with van der Waals surface area (Å²) in [7, 11) is 3.92. The highest BCUT2D eigenvalue weighted by atomic mass is 19.1. The lowest BCUT2D eigenvalue weighted by atomic mass is 10.0. The van der Waals surface area contributed by atoms with Gasteiger partial charge in [0, 0.05) is 47.8 Å². The molecular weight excluding hydrogens is 535 g/mol. The molecule has 0 fully saturated rings. The van der Waals surface area contributed by atoms with Crippen molar-refractivity contribution in [2.75, 3.05) is 32.6 Å². The lowest BCUT2D eigenvalue weighted by Gasteiger charge is -2.12. The van der Waals surface area contributed by atoms with Gasteiger partial charge < -0.3 is 19.9 Å². The number of ether oxygens (including phenoxy) is 1. The third-order valence-electron chi connectivity index (χ3n) is 6.86. The zero-order valence-corrected chi connectivity index (χ0v) is 23.4. The summed E-state index contributed by atoms with van der Waals surface area (Å²) >= 11 is 0. The molecule has 42 heavy (non-hydrogen) atoms. The van der Waals surface area contributed by atoms with E-state index >= 15 is 0 Å². The Labute approximate surface area is 241 Å². The van der Waals surface area contributed by atoms with Crippen LogP contribution < -0.4 is 10.1 Å². The maximum absolute atomic E-state index is 14.6. The number of amides is 1. The van der Waals surface area contributed by atoms with Crippen LogP contribution in [0, 0.1) is 5.82 Å². The van der Waals surface area contributed by atoms with Crippen molar-refractivity contribution in [1.82, 2.24) is 35.0 Å². The summed E-state index contributed by atoms with van der Waals surface area (Å²) < 4.78 is 20.4. The van der Waals surface area contributed by atoms with Crippen molar-refractivity contribution in [2.24, 2.45) is 0 Å². The lowest BCUT2D eigenvalue weighted by Crippen LogP contribution is -2.19. The molecule has 6 rings (SSSR count). The molecule has 5 heterocycles. The molecule has 0 spiro atoms. The molecule has 0 aliphatic carbocycles. The third kappa shape index (κ3) is 5.54. The highest BCUT2D eigenvalue weighted by Gasteiger charge is 2.16. The molecule has 1 aromatic carbocycles. The number of H-pyrrole nitrogens is 2. The number of aromatic nitrogens is 6. The van der Waals surface area contributed by atoms with Gasteiger partial charge in [0.2, 0.25) is 5.91 Å². The SMILES string of the molecule is CCC(=O)Nc1cncc(-c2cc3c(-c4cc5c(-c6cc(F)cc(OCCN(C)C)c6)ccnc5[nH]4)n[nH]c3cn2)c1. The summed E-state index contributed by atoms with van der Waals surface area (Å²) in [4.78, 5) is 30.6. The van der Waals surface area contributed by atoms with Gasteiger partial charge in [0.25, 0.3) is 0 Å². The Morgan fingerprint density at radius 1 is 1.02 bits per heavy atom. The van der Waals surface area contributed by atoms with Gasteiger partial charge in [-0.1, -0.05) is 6.92 Å². The van der Waals surface area contributed by atoms with Crippen LogP contribution in [0.1, 0.15) is 13.3 Å². The van der Waals surface area contributed by atoms with E-state index in [4.69, 9.17) is 4.74 Å². The number of rotatable bonds is 9. The van der Waals surface area contributed by atoms with E-state index in [2.05, 4.69) is 35.5 Å². The van der Waals surface area contributed by atoms with E-state index in [9.17, 15) is 9.18 Å². The third-order valence-corrected chi connectivity index (χ3v) is 6.86. The lowest BCUT2D eigenvalue weighted by molar-refractivity contribution is -0.115. The van der Waals surface area contributed by atoms with Crippen LogP contribution in [0.5, 0.6) is 5.75 Å². The summed E-state index contributed by atoms with van der Waals surface area (Å²) in [6.07, 6.45) is 7.09. The second-order valence-electron chi connectivity index (χ2n) is 10.2. The van der Waals surface area contributed by atoms with Crippen molar-refractivity contribution in [3.05, 3.63) is 73.1 Å². The average molecular weight is 565 g/mol. The molecule has 0 bridgehead atoms. The summed E-state index contributed by atoms with van der Waals surface area (Å²) in [6.45, 7) is 2.97. The van der Waals surface area contributed by atoms with Gasteiger partial charge in [0.15, 0.2) is 0 Å². The minimum Gasteiger partial charge on any atom is -0.492 e. The number of anilines is 1. The van der Waals surface area contributed by atoms with Crippen molar-refractivity contribution in [1.29, 1.82) is 0 Å². The first-order valence-corrected chi connectivity index (χ1v) is 13.5. The minimum atomic E-state index is -0.376. The number of hydrogen-bond donors (Lipinski definition) is 3. The van der Waals surface area contributed by atoms with Crippen LogP contribution in [-0.2, 0) is 4.79 Å². The van der Waals surface area contributed by atoms with Crippen LogP contribution in [0.25, 0.3) is 55.7 Å². The van der Waals surface area contributed by atoms with Gasteiger partial charge in [-0.15, -0.1) is 0 Å². The predicted molar refractivity (Wildman–Crippen MR) is 161 cm³/mol. The largest absolute Gasteiger partial charge is 0.492 e. The molecule has 0 aliphatic heterocycles. The number of likely N-dealkylation sites (N-methyl/N-ethyl adjacent to an activating group) is 1. The molecule has 212 valence electrons. The second kappa shape index (κ2) is 11.4. The van der Waals surface area contributed by atoms with Crippen molar-refractivity contribution in [3.8, 4) is 39.5 Å². The Morgan fingerprint density at radius 3 is 2.74 bits per heavy atom. The molecule has 1 amide bonds. The van der Waals surface area contributed by atoms with Crippen molar-refractivity contribution in [2.45, 2.75) is 13.3 Å². The Balaban J connectivity index is 1.36.